The van der Waals surface area contributed by atoms with Crippen molar-refractivity contribution in [3.63, 3.8) is 0 Å². The number of halogens is 3. The minimum Gasteiger partial charge on any atom is -0.381 e. The van der Waals surface area contributed by atoms with Crippen LogP contribution in [0.4, 0.5) is 14.6 Å². The molecule has 0 bridgehead atoms. The van der Waals surface area contributed by atoms with E-state index in [1.807, 2.05) is 20.8 Å². The molecule has 2 aromatic rings. The van der Waals surface area contributed by atoms with Crippen LogP contribution in [0.2, 0.25) is 0 Å². The first-order valence-corrected chi connectivity index (χ1v) is 6.37. The Morgan fingerprint density at radius 1 is 1.21 bits per heavy atom. The summed E-state index contributed by atoms with van der Waals surface area (Å²) in [6.45, 7) is 5.74. The molecule has 0 aliphatic carbocycles. The van der Waals surface area contributed by atoms with E-state index in [0.717, 1.165) is 6.07 Å². The van der Waals surface area contributed by atoms with Crippen molar-refractivity contribution >= 4 is 21.7 Å². The van der Waals surface area contributed by atoms with E-state index in [0.29, 0.717) is 5.69 Å². The molecule has 0 unspecified atom stereocenters. The van der Waals surface area contributed by atoms with Gasteiger partial charge in [-0.2, -0.15) is 0 Å². The Morgan fingerprint density at radius 2 is 1.84 bits per heavy atom. The van der Waals surface area contributed by atoms with E-state index in [1.54, 1.807) is 0 Å². The number of nitrogen functional groups attached to an aromatic ring is 1. The zero-order valence-corrected chi connectivity index (χ0v) is 12.3. The van der Waals surface area contributed by atoms with Crippen molar-refractivity contribution in [2.45, 2.75) is 26.2 Å². The third-order valence-corrected chi connectivity index (χ3v) is 3.23. The van der Waals surface area contributed by atoms with E-state index in [1.165, 1.54) is 10.7 Å². The third-order valence-electron chi connectivity index (χ3n) is 2.62. The first kappa shape index (κ1) is 13.9. The maximum absolute atomic E-state index is 13.9. The molecule has 1 aromatic heterocycles. The summed E-state index contributed by atoms with van der Waals surface area (Å²) in [6.07, 6.45) is 0. The predicted octanol–water partition coefficient (Wildman–Crippen LogP) is 3.19. The fourth-order valence-corrected chi connectivity index (χ4v) is 2.17. The van der Waals surface area contributed by atoms with Crippen molar-refractivity contribution < 1.29 is 8.78 Å². The van der Waals surface area contributed by atoms with Crippen LogP contribution in [0, 0.1) is 11.6 Å². The van der Waals surface area contributed by atoms with Gasteiger partial charge in [0.25, 0.3) is 0 Å². The average Bonchev–Trinajstić information content (AvgIpc) is 2.65. The highest BCUT2D eigenvalue weighted by molar-refractivity contribution is 9.10. The molecule has 0 aliphatic rings. The fraction of sp³-hybridized carbons (Fsp3) is 0.333. The molecule has 2 N–H and O–H groups in total. The van der Waals surface area contributed by atoms with Gasteiger partial charge >= 0.3 is 0 Å². The largest absolute Gasteiger partial charge is 0.381 e. The second-order valence-electron chi connectivity index (χ2n) is 5.20. The number of nitrogens with two attached hydrogens (primary N) is 1. The smallest absolute Gasteiger partial charge is 0.170 e. The van der Waals surface area contributed by atoms with Crippen LogP contribution in [0.15, 0.2) is 16.6 Å². The van der Waals surface area contributed by atoms with Crippen LogP contribution in [0.3, 0.4) is 0 Å². The standard InChI is InChI=1S/C12H13BrF2N4/c1-12(2,3)10-11(16)17-18-19(10)9-4-6(13)7(14)5-8(9)15/h4-5H,16H2,1-3H3. The molecule has 0 saturated heterocycles. The van der Waals surface area contributed by atoms with Crippen LogP contribution in [0.5, 0.6) is 0 Å². The minimum atomic E-state index is -0.726. The Labute approximate surface area is 117 Å². The molecule has 0 saturated carbocycles. The van der Waals surface area contributed by atoms with E-state index < -0.39 is 11.6 Å². The topological polar surface area (TPSA) is 56.7 Å². The summed E-state index contributed by atoms with van der Waals surface area (Å²) in [5, 5.41) is 7.61. The minimum absolute atomic E-state index is 0.0994. The van der Waals surface area contributed by atoms with Crippen molar-refractivity contribution in [3.8, 4) is 5.69 Å². The first-order chi connectivity index (χ1) is 8.71. The zero-order valence-electron chi connectivity index (χ0n) is 10.7. The molecule has 0 aliphatic heterocycles. The number of hydrogen-bond acceptors (Lipinski definition) is 3. The number of anilines is 1. The van der Waals surface area contributed by atoms with Crippen molar-refractivity contribution in [2.75, 3.05) is 5.73 Å². The fourth-order valence-electron chi connectivity index (χ4n) is 1.84. The Bertz CT molecular complexity index is 631. The van der Waals surface area contributed by atoms with Crippen LogP contribution in [-0.4, -0.2) is 15.0 Å². The molecule has 102 valence electrons. The van der Waals surface area contributed by atoms with Gasteiger partial charge in [-0.25, -0.2) is 13.5 Å². The van der Waals surface area contributed by atoms with Gasteiger partial charge in [-0.3, -0.25) is 0 Å². The van der Waals surface area contributed by atoms with Crippen molar-refractivity contribution in [2.24, 2.45) is 0 Å². The SMILES string of the molecule is CC(C)(C)c1c(N)nnn1-c1cc(Br)c(F)cc1F. The van der Waals surface area contributed by atoms with Gasteiger partial charge in [-0.15, -0.1) is 5.10 Å². The maximum atomic E-state index is 13.9. The maximum Gasteiger partial charge on any atom is 0.170 e. The van der Waals surface area contributed by atoms with Crippen molar-refractivity contribution in [1.29, 1.82) is 0 Å². The monoisotopic (exact) mass is 330 g/mol. The molecule has 0 amide bonds. The molecule has 0 atom stereocenters. The second-order valence-corrected chi connectivity index (χ2v) is 6.06. The molecule has 1 aromatic carbocycles. The van der Waals surface area contributed by atoms with Crippen LogP contribution < -0.4 is 5.73 Å². The van der Waals surface area contributed by atoms with Gasteiger partial charge in [0.1, 0.15) is 11.5 Å². The normalized spacial score (nSPS) is 11.9. The summed E-state index contributed by atoms with van der Waals surface area (Å²) in [5.74, 6) is -1.17. The highest BCUT2D eigenvalue weighted by atomic mass is 79.9. The van der Waals surface area contributed by atoms with Gasteiger partial charge in [0.15, 0.2) is 11.6 Å². The summed E-state index contributed by atoms with van der Waals surface area (Å²) in [4.78, 5) is 0. The van der Waals surface area contributed by atoms with Crippen LogP contribution in [-0.2, 0) is 5.41 Å². The van der Waals surface area contributed by atoms with Crippen LogP contribution in [0.25, 0.3) is 5.69 Å². The quantitative estimate of drug-likeness (QED) is 0.817. The van der Waals surface area contributed by atoms with Crippen molar-refractivity contribution in [3.05, 3.63) is 33.9 Å². The summed E-state index contributed by atoms with van der Waals surface area (Å²) in [7, 11) is 0. The van der Waals surface area contributed by atoms with E-state index in [4.69, 9.17) is 5.73 Å². The van der Waals surface area contributed by atoms with Crippen LogP contribution in [0.1, 0.15) is 26.5 Å². The molecular formula is C12H13BrF2N4. The third kappa shape index (κ3) is 2.47. The first-order valence-electron chi connectivity index (χ1n) is 5.58. The number of benzene rings is 1. The Balaban J connectivity index is 2.70. The van der Waals surface area contributed by atoms with E-state index in [9.17, 15) is 8.78 Å². The van der Waals surface area contributed by atoms with E-state index >= 15 is 0 Å². The Hall–Kier alpha value is -1.50. The second kappa shape index (κ2) is 4.56. The lowest BCUT2D eigenvalue weighted by Crippen LogP contribution is -2.19. The average molecular weight is 331 g/mol. The van der Waals surface area contributed by atoms with Gasteiger partial charge in [0.05, 0.1) is 10.2 Å². The highest BCUT2D eigenvalue weighted by Gasteiger charge is 2.26. The van der Waals surface area contributed by atoms with Gasteiger partial charge in [-0.05, 0) is 22.0 Å². The summed E-state index contributed by atoms with van der Waals surface area (Å²) < 4.78 is 28.6. The molecule has 0 radical (unpaired) electrons. The van der Waals surface area contributed by atoms with Gasteiger partial charge in [0, 0.05) is 11.5 Å². The number of rotatable bonds is 1. The van der Waals surface area contributed by atoms with Gasteiger partial charge < -0.3 is 5.73 Å². The molecule has 0 spiro atoms. The molecule has 2 rings (SSSR count). The Morgan fingerprint density at radius 3 is 2.42 bits per heavy atom. The Kier molecular flexibility index (Phi) is 3.34. The predicted molar refractivity (Wildman–Crippen MR) is 72.1 cm³/mol. The zero-order chi connectivity index (χ0) is 14.4. The summed E-state index contributed by atoms with van der Waals surface area (Å²) >= 11 is 3.02. The van der Waals surface area contributed by atoms with Gasteiger partial charge in [-0.1, -0.05) is 26.0 Å². The van der Waals surface area contributed by atoms with Gasteiger partial charge in [0.2, 0.25) is 0 Å². The lowest BCUT2D eigenvalue weighted by Gasteiger charge is -2.20. The number of nitrogens with zero attached hydrogens (tertiary/aromatic N) is 3. The summed E-state index contributed by atoms with van der Waals surface area (Å²) in [5.41, 5.74) is 6.08. The highest BCUT2D eigenvalue weighted by Crippen LogP contribution is 2.30. The van der Waals surface area contributed by atoms with Crippen molar-refractivity contribution in [1.82, 2.24) is 15.0 Å². The molecule has 19 heavy (non-hydrogen) atoms. The number of hydrogen-bond donors (Lipinski definition) is 1. The van der Waals surface area contributed by atoms with E-state index in [-0.39, 0.29) is 21.4 Å². The summed E-state index contributed by atoms with van der Waals surface area (Å²) in [6, 6.07) is 2.11. The number of aromatic nitrogens is 3. The van der Waals surface area contributed by atoms with Crippen LogP contribution >= 0.6 is 15.9 Å². The lowest BCUT2D eigenvalue weighted by molar-refractivity contribution is 0.526. The molecule has 0 fully saturated rings. The lowest BCUT2D eigenvalue weighted by atomic mass is 9.91. The molecule has 7 heteroatoms. The van der Waals surface area contributed by atoms with E-state index in [2.05, 4.69) is 26.2 Å². The molecular weight excluding hydrogens is 318 g/mol. The molecule has 4 nitrogen and oxygen atoms in total. The molecule has 1 heterocycles.